The minimum Gasteiger partial charge on any atom is -0.488 e. The van der Waals surface area contributed by atoms with Gasteiger partial charge in [-0.3, -0.25) is 0 Å². The Morgan fingerprint density at radius 1 is 1.48 bits per heavy atom. The molecule has 0 saturated heterocycles. The maximum Gasteiger partial charge on any atom is 0.328 e. The van der Waals surface area contributed by atoms with Gasteiger partial charge in [0.25, 0.3) is 0 Å². The molecule has 0 atom stereocenters. The lowest BCUT2D eigenvalue weighted by molar-refractivity contribution is -0.131. The highest BCUT2D eigenvalue weighted by atomic mass is 35.5. The van der Waals surface area contributed by atoms with Crippen molar-refractivity contribution in [3.63, 3.8) is 0 Å². The zero-order valence-corrected chi connectivity index (χ0v) is 12.3. The maximum absolute atomic E-state index is 10.6. The van der Waals surface area contributed by atoms with Crippen LogP contribution in [0.1, 0.15) is 22.6 Å². The highest BCUT2D eigenvalue weighted by molar-refractivity contribution is 6.30. The predicted octanol–water partition coefficient (Wildman–Crippen LogP) is 3.62. The summed E-state index contributed by atoms with van der Waals surface area (Å²) >= 11 is 5.92. The van der Waals surface area contributed by atoms with Crippen molar-refractivity contribution in [2.45, 2.75) is 20.5 Å². The van der Waals surface area contributed by atoms with E-state index in [0.717, 1.165) is 17.3 Å². The third-order valence-corrected chi connectivity index (χ3v) is 3.17. The smallest absolute Gasteiger partial charge is 0.328 e. The second kappa shape index (κ2) is 6.45. The first kappa shape index (κ1) is 15.1. The lowest BCUT2D eigenvalue weighted by atomic mass is 10.2. The Labute approximate surface area is 126 Å². The lowest BCUT2D eigenvalue weighted by Crippen LogP contribution is -1.99. The summed E-state index contributed by atoms with van der Waals surface area (Å²) in [7, 11) is 0. The molecule has 5 nitrogen and oxygen atoms in total. The number of hydrogen-bond donors (Lipinski definition) is 1. The van der Waals surface area contributed by atoms with Crippen molar-refractivity contribution in [1.82, 2.24) is 5.16 Å². The van der Waals surface area contributed by atoms with Crippen LogP contribution in [0.2, 0.25) is 5.02 Å². The summed E-state index contributed by atoms with van der Waals surface area (Å²) in [5, 5.41) is 13.1. The molecule has 0 aliphatic rings. The molecule has 0 saturated carbocycles. The first-order valence-corrected chi connectivity index (χ1v) is 6.60. The fraction of sp³-hybridized carbons (Fsp3) is 0.200. The molecule has 6 heteroatoms. The van der Waals surface area contributed by atoms with Crippen molar-refractivity contribution >= 4 is 23.6 Å². The molecule has 0 aliphatic carbocycles. The molecule has 1 N–H and O–H groups in total. The standard InChI is InChI=1S/C15H14ClNO4/c1-9-13(10(2)21-17-9)8-20-14-5-4-12(16)7-11(14)3-6-15(18)19/h3-7H,8H2,1-2H3,(H,18,19)/b6-3+. The average molecular weight is 308 g/mol. The normalized spacial score (nSPS) is 11.0. The summed E-state index contributed by atoms with van der Waals surface area (Å²) in [6.07, 6.45) is 2.48. The molecule has 0 spiro atoms. The van der Waals surface area contributed by atoms with Crippen LogP contribution in [0.4, 0.5) is 0 Å². The number of carboxylic acid groups (broad SMARTS) is 1. The molecule has 21 heavy (non-hydrogen) atoms. The summed E-state index contributed by atoms with van der Waals surface area (Å²) in [6.45, 7) is 3.94. The van der Waals surface area contributed by atoms with Gasteiger partial charge in [-0.15, -0.1) is 0 Å². The average Bonchev–Trinajstić information content (AvgIpc) is 2.75. The van der Waals surface area contributed by atoms with Crippen molar-refractivity contribution in [2.24, 2.45) is 0 Å². The molecule has 1 aromatic carbocycles. The van der Waals surface area contributed by atoms with E-state index >= 15 is 0 Å². The van der Waals surface area contributed by atoms with Gasteiger partial charge in [-0.25, -0.2) is 4.79 Å². The Kier molecular flexibility index (Phi) is 4.65. The zero-order chi connectivity index (χ0) is 15.4. The van der Waals surface area contributed by atoms with Gasteiger partial charge in [-0.1, -0.05) is 16.8 Å². The number of aryl methyl sites for hydroxylation is 2. The van der Waals surface area contributed by atoms with Crippen molar-refractivity contribution in [3.8, 4) is 5.75 Å². The highest BCUT2D eigenvalue weighted by Gasteiger charge is 2.11. The number of carboxylic acids is 1. The molecule has 0 amide bonds. The van der Waals surface area contributed by atoms with E-state index in [1.54, 1.807) is 18.2 Å². The topological polar surface area (TPSA) is 72.6 Å². The molecule has 1 heterocycles. The van der Waals surface area contributed by atoms with Crippen LogP contribution < -0.4 is 4.74 Å². The molecule has 2 aromatic rings. The van der Waals surface area contributed by atoms with E-state index in [4.69, 9.17) is 26.0 Å². The maximum atomic E-state index is 10.6. The molecule has 0 aliphatic heterocycles. The van der Waals surface area contributed by atoms with Crippen LogP contribution >= 0.6 is 11.6 Å². The predicted molar refractivity (Wildman–Crippen MR) is 78.4 cm³/mol. The summed E-state index contributed by atoms with van der Waals surface area (Å²) in [6, 6.07) is 5.02. The fourth-order valence-electron chi connectivity index (χ4n) is 1.80. The molecule has 0 radical (unpaired) electrons. The van der Waals surface area contributed by atoms with Gasteiger partial charge >= 0.3 is 5.97 Å². The van der Waals surface area contributed by atoms with Gasteiger partial charge in [-0.05, 0) is 38.1 Å². The van der Waals surface area contributed by atoms with E-state index in [1.807, 2.05) is 13.8 Å². The van der Waals surface area contributed by atoms with Crippen molar-refractivity contribution in [2.75, 3.05) is 0 Å². The van der Waals surface area contributed by atoms with Crippen LogP contribution in [0.25, 0.3) is 6.08 Å². The summed E-state index contributed by atoms with van der Waals surface area (Å²) in [5.41, 5.74) is 2.24. The Morgan fingerprint density at radius 2 is 2.24 bits per heavy atom. The number of nitrogens with zero attached hydrogens (tertiary/aromatic N) is 1. The molecule has 0 unspecified atom stereocenters. The van der Waals surface area contributed by atoms with Crippen molar-refractivity contribution in [1.29, 1.82) is 0 Å². The number of benzene rings is 1. The first-order valence-electron chi connectivity index (χ1n) is 6.22. The van der Waals surface area contributed by atoms with E-state index in [1.165, 1.54) is 6.08 Å². The number of ether oxygens (including phenoxy) is 1. The fourth-order valence-corrected chi connectivity index (χ4v) is 1.98. The third-order valence-electron chi connectivity index (χ3n) is 2.93. The van der Waals surface area contributed by atoms with Gasteiger partial charge in [-0.2, -0.15) is 0 Å². The second-order valence-corrected chi connectivity index (χ2v) is 4.88. The highest BCUT2D eigenvalue weighted by Crippen LogP contribution is 2.26. The largest absolute Gasteiger partial charge is 0.488 e. The van der Waals surface area contributed by atoms with E-state index in [0.29, 0.717) is 22.1 Å². The molecular formula is C15H14ClNO4. The number of rotatable bonds is 5. The summed E-state index contributed by atoms with van der Waals surface area (Å²) in [4.78, 5) is 10.6. The molecule has 0 bridgehead atoms. The molecule has 0 fully saturated rings. The van der Waals surface area contributed by atoms with Crippen LogP contribution in [-0.4, -0.2) is 16.2 Å². The van der Waals surface area contributed by atoms with E-state index < -0.39 is 5.97 Å². The summed E-state index contributed by atoms with van der Waals surface area (Å²) in [5.74, 6) is 0.202. The van der Waals surface area contributed by atoms with Crippen LogP contribution in [0.5, 0.6) is 5.75 Å². The van der Waals surface area contributed by atoms with Gasteiger partial charge in [0.1, 0.15) is 18.1 Å². The Balaban J connectivity index is 2.21. The Bertz CT molecular complexity index is 671. The van der Waals surface area contributed by atoms with E-state index in [2.05, 4.69) is 5.16 Å². The van der Waals surface area contributed by atoms with E-state index in [-0.39, 0.29) is 6.61 Å². The van der Waals surface area contributed by atoms with Gasteiger partial charge < -0.3 is 14.4 Å². The van der Waals surface area contributed by atoms with Gasteiger partial charge in [0.05, 0.1) is 11.3 Å². The van der Waals surface area contributed by atoms with Gasteiger partial charge in [0.15, 0.2) is 0 Å². The Hall–Kier alpha value is -2.27. The zero-order valence-electron chi connectivity index (χ0n) is 11.6. The molecular weight excluding hydrogens is 294 g/mol. The van der Waals surface area contributed by atoms with Crippen molar-refractivity contribution < 1.29 is 19.2 Å². The number of aliphatic carboxylic acids is 1. The molecule has 1 aromatic heterocycles. The van der Waals surface area contributed by atoms with Crippen LogP contribution in [0.3, 0.4) is 0 Å². The molecule has 110 valence electrons. The lowest BCUT2D eigenvalue weighted by Gasteiger charge is -2.09. The van der Waals surface area contributed by atoms with Crippen LogP contribution in [0, 0.1) is 13.8 Å². The summed E-state index contributed by atoms with van der Waals surface area (Å²) < 4.78 is 10.8. The number of hydrogen-bond acceptors (Lipinski definition) is 4. The molecule has 2 rings (SSSR count). The quantitative estimate of drug-likeness (QED) is 0.854. The monoisotopic (exact) mass is 307 g/mol. The SMILES string of the molecule is Cc1noc(C)c1COc1ccc(Cl)cc1/C=C/C(=O)O. The van der Waals surface area contributed by atoms with E-state index in [9.17, 15) is 4.79 Å². The number of aromatic nitrogens is 1. The van der Waals surface area contributed by atoms with Gasteiger partial charge in [0.2, 0.25) is 0 Å². The number of halogens is 1. The third kappa shape index (κ3) is 3.86. The van der Waals surface area contributed by atoms with Crippen LogP contribution in [0.15, 0.2) is 28.8 Å². The van der Waals surface area contributed by atoms with Gasteiger partial charge in [0, 0.05) is 16.7 Å². The van der Waals surface area contributed by atoms with Crippen LogP contribution in [-0.2, 0) is 11.4 Å². The van der Waals surface area contributed by atoms with Crippen molar-refractivity contribution in [3.05, 3.63) is 51.9 Å². The minimum atomic E-state index is -1.04. The minimum absolute atomic E-state index is 0.288. The number of carbonyl (C=O) groups is 1. The Morgan fingerprint density at radius 3 is 2.86 bits per heavy atom. The second-order valence-electron chi connectivity index (χ2n) is 4.45. The first-order chi connectivity index (χ1) is 9.97.